The second-order valence-corrected chi connectivity index (χ2v) is 10.8. The first-order valence-electron chi connectivity index (χ1n) is 12.2. The van der Waals surface area contributed by atoms with Gasteiger partial charge in [-0.1, -0.05) is 20.8 Å². The molecule has 1 aliphatic carbocycles. The van der Waals surface area contributed by atoms with Crippen LogP contribution in [0.1, 0.15) is 60.9 Å². The average molecular weight is 511 g/mol. The van der Waals surface area contributed by atoms with Gasteiger partial charge in [0, 0.05) is 31.7 Å². The van der Waals surface area contributed by atoms with Crippen LogP contribution < -0.4 is 16.2 Å². The van der Waals surface area contributed by atoms with E-state index in [4.69, 9.17) is 0 Å². The molecule has 0 radical (unpaired) electrons. The van der Waals surface area contributed by atoms with Gasteiger partial charge in [-0.2, -0.15) is 4.52 Å². The molecule has 0 aromatic carbocycles. The Morgan fingerprint density at radius 1 is 1.14 bits per heavy atom. The van der Waals surface area contributed by atoms with E-state index in [9.17, 15) is 24.6 Å². The number of amides is 2. The van der Waals surface area contributed by atoms with Crippen LogP contribution >= 0.6 is 0 Å². The number of nitrogens with one attached hydrogen (secondary N) is 2. The number of aromatic hydroxyl groups is 1. The molecule has 0 spiro atoms. The molecule has 0 bridgehead atoms. The lowest BCUT2D eigenvalue weighted by Crippen LogP contribution is -2.37. The zero-order valence-electron chi connectivity index (χ0n) is 20.9. The van der Waals surface area contributed by atoms with Crippen LogP contribution in [0.5, 0.6) is 5.88 Å². The zero-order valence-corrected chi connectivity index (χ0v) is 20.9. The van der Waals surface area contributed by atoms with Crippen LogP contribution in [0.3, 0.4) is 0 Å². The van der Waals surface area contributed by atoms with Crippen molar-refractivity contribution < 1.29 is 19.8 Å². The number of fused-ring (bicyclic) bond motifs is 1. The fraction of sp³-hybridized carbons (Fsp3) is 0.500. The SMILES string of the molecule is CC(C)(C)Cn1c(=O)c(C(=O)NC2CC2)c(O)n2nc(Nc3cnc(C(=O)N4CC[C@H](O)C4)cn3)cc12. The molecule has 4 N–H and O–H groups in total. The zero-order chi connectivity index (χ0) is 26.5. The summed E-state index contributed by atoms with van der Waals surface area (Å²) in [6.45, 7) is 6.90. The van der Waals surface area contributed by atoms with Gasteiger partial charge in [0.1, 0.15) is 17.2 Å². The molecule has 13 nitrogen and oxygen atoms in total. The molecule has 1 aliphatic heterocycles. The van der Waals surface area contributed by atoms with Gasteiger partial charge in [-0.15, -0.1) is 5.10 Å². The van der Waals surface area contributed by atoms with Gasteiger partial charge < -0.3 is 25.7 Å². The van der Waals surface area contributed by atoms with E-state index in [0.29, 0.717) is 18.6 Å². The standard InChI is InChI=1S/C24H30N8O5/c1-24(2,3)12-31-18-8-16(29-32(18)23(37)19(22(31)36)20(34)27-13-4-5-13)28-17-10-25-15(9-26-17)21(35)30-7-6-14(33)11-30/h8-10,13-14,33,37H,4-7,11-12H2,1-3H3,(H,27,34)(H,26,28,29)/t14-/m0/s1. The lowest BCUT2D eigenvalue weighted by atomic mass is 9.97. The summed E-state index contributed by atoms with van der Waals surface area (Å²) in [4.78, 5) is 48.6. The van der Waals surface area contributed by atoms with Crippen LogP contribution in [0.4, 0.5) is 11.6 Å². The molecule has 37 heavy (non-hydrogen) atoms. The smallest absolute Gasteiger partial charge is 0.274 e. The molecule has 196 valence electrons. The minimum Gasteiger partial charge on any atom is -0.492 e. The number of likely N-dealkylation sites (tertiary alicyclic amines) is 1. The van der Waals surface area contributed by atoms with E-state index in [1.165, 1.54) is 21.9 Å². The maximum absolute atomic E-state index is 13.3. The Labute approximate surface area is 212 Å². The fourth-order valence-corrected chi connectivity index (χ4v) is 4.25. The number of rotatable bonds is 6. The Morgan fingerprint density at radius 3 is 2.49 bits per heavy atom. The van der Waals surface area contributed by atoms with Crippen LogP contribution in [0.25, 0.3) is 5.65 Å². The number of nitrogens with zero attached hydrogens (tertiary/aromatic N) is 6. The molecular weight excluding hydrogens is 480 g/mol. The number of aromatic nitrogens is 5. The predicted molar refractivity (Wildman–Crippen MR) is 133 cm³/mol. The van der Waals surface area contributed by atoms with E-state index in [0.717, 1.165) is 17.4 Å². The van der Waals surface area contributed by atoms with Crippen LogP contribution in [-0.4, -0.2) is 76.3 Å². The van der Waals surface area contributed by atoms with Gasteiger partial charge in [0.2, 0.25) is 5.88 Å². The number of hydrogen-bond donors (Lipinski definition) is 4. The second kappa shape index (κ2) is 9.14. The maximum Gasteiger partial charge on any atom is 0.274 e. The minimum absolute atomic E-state index is 0.0110. The van der Waals surface area contributed by atoms with Gasteiger partial charge in [-0.05, 0) is 24.7 Å². The van der Waals surface area contributed by atoms with Gasteiger partial charge in [-0.3, -0.25) is 19.0 Å². The summed E-state index contributed by atoms with van der Waals surface area (Å²) in [5.41, 5.74) is -0.803. The third kappa shape index (κ3) is 5.12. The van der Waals surface area contributed by atoms with Crippen molar-refractivity contribution >= 4 is 29.1 Å². The third-order valence-electron chi connectivity index (χ3n) is 6.20. The van der Waals surface area contributed by atoms with Crippen molar-refractivity contribution in [1.29, 1.82) is 0 Å². The molecule has 1 saturated heterocycles. The molecular formula is C24H30N8O5. The Kier molecular flexibility index (Phi) is 6.10. The third-order valence-corrected chi connectivity index (χ3v) is 6.20. The molecule has 3 aromatic rings. The van der Waals surface area contributed by atoms with Crippen molar-refractivity contribution in [2.75, 3.05) is 18.4 Å². The number of aliphatic hydroxyl groups excluding tert-OH is 1. The first-order valence-corrected chi connectivity index (χ1v) is 12.2. The maximum atomic E-state index is 13.3. The van der Waals surface area contributed by atoms with Crippen molar-refractivity contribution in [2.45, 2.75) is 58.7 Å². The van der Waals surface area contributed by atoms with Crippen molar-refractivity contribution in [3.63, 3.8) is 0 Å². The Balaban J connectivity index is 1.46. The molecule has 0 unspecified atom stereocenters. The Hall–Kier alpha value is -4.00. The molecule has 2 aliphatic rings. The fourth-order valence-electron chi connectivity index (χ4n) is 4.25. The highest BCUT2D eigenvalue weighted by atomic mass is 16.3. The second-order valence-electron chi connectivity index (χ2n) is 10.8. The van der Waals surface area contributed by atoms with Gasteiger partial charge in [0.15, 0.2) is 11.4 Å². The molecule has 2 fully saturated rings. The van der Waals surface area contributed by atoms with E-state index < -0.39 is 23.5 Å². The summed E-state index contributed by atoms with van der Waals surface area (Å²) in [5.74, 6) is -0.936. The topological polar surface area (TPSA) is 167 Å². The summed E-state index contributed by atoms with van der Waals surface area (Å²) < 4.78 is 2.58. The van der Waals surface area contributed by atoms with Gasteiger partial charge >= 0.3 is 0 Å². The quantitative estimate of drug-likeness (QED) is 0.376. The van der Waals surface area contributed by atoms with Crippen molar-refractivity contribution in [2.24, 2.45) is 5.41 Å². The molecule has 4 heterocycles. The summed E-state index contributed by atoms with van der Waals surface area (Å²) in [7, 11) is 0. The summed E-state index contributed by atoms with van der Waals surface area (Å²) in [6, 6.07) is 1.58. The molecule has 13 heteroatoms. The van der Waals surface area contributed by atoms with E-state index in [1.807, 2.05) is 20.8 Å². The average Bonchev–Trinajstić information content (AvgIpc) is 3.37. The van der Waals surface area contributed by atoms with Crippen LogP contribution in [0.2, 0.25) is 0 Å². The van der Waals surface area contributed by atoms with Gasteiger partial charge in [-0.25, -0.2) is 9.97 Å². The molecule has 1 atom stereocenters. The van der Waals surface area contributed by atoms with Crippen LogP contribution in [0, 0.1) is 5.41 Å². The van der Waals surface area contributed by atoms with E-state index in [-0.39, 0.29) is 53.3 Å². The van der Waals surface area contributed by atoms with Crippen molar-refractivity contribution in [1.82, 2.24) is 34.4 Å². The number of β-amino-alcohol motifs (C(OH)–C–C–N with tert-alkyl or cyclic N) is 1. The molecule has 5 rings (SSSR count). The summed E-state index contributed by atoms with van der Waals surface area (Å²) in [5, 5.41) is 30.6. The first-order chi connectivity index (χ1) is 17.5. The minimum atomic E-state index is -0.629. The van der Waals surface area contributed by atoms with E-state index in [2.05, 4.69) is 25.7 Å². The van der Waals surface area contributed by atoms with Crippen molar-refractivity contribution in [3.05, 3.63) is 40.1 Å². The van der Waals surface area contributed by atoms with E-state index in [1.54, 1.807) is 6.07 Å². The normalized spacial score (nSPS) is 17.8. The van der Waals surface area contributed by atoms with Crippen LogP contribution in [-0.2, 0) is 6.54 Å². The Morgan fingerprint density at radius 2 is 1.89 bits per heavy atom. The molecule has 1 saturated carbocycles. The molecule has 3 aromatic heterocycles. The highest BCUT2D eigenvalue weighted by Gasteiger charge is 2.30. The number of carbonyl (C=O) groups is 2. The van der Waals surface area contributed by atoms with Crippen molar-refractivity contribution in [3.8, 4) is 5.88 Å². The number of aliphatic hydroxyl groups is 1. The molecule has 2 amide bonds. The number of anilines is 2. The number of hydrogen-bond acceptors (Lipinski definition) is 9. The highest BCUT2D eigenvalue weighted by Crippen LogP contribution is 2.25. The van der Waals surface area contributed by atoms with Gasteiger partial charge in [0.25, 0.3) is 17.4 Å². The monoisotopic (exact) mass is 510 g/mol. The first kappa shape index (κ1) is 24.7. The largest absolute Gasteiger partial charge is 0.492 e. The van der Waals surface area contributed by atoms with Gasteiger partial charge in [0.05, 0.1) is 18.5 Å². The lowest BCUT2D eigenvalue weighted by Gasteiger charge is -2.21. The summed E-state index contributed by atoms with van der Waals surface area (Å²) >= 11 is 0. The van der Waals surface area contributed by atoms with Crippen LogP contribution in [0.15, 0.2) is 23.3 Å². The highest BCUT2D eigenvalue weighted by molar-refractivity contribution is 5.96. The summed E-state index contributed by atoms with van der Waals surface area (Å²) in [6.07, 6.45) is 4.39. The van der Waals surface area contributed by atoms with E-state index >= 15 is 0 Å². The lowest BCUT2D eigenvalue weighted by molar-refractivity contribution is 0.0758. The Bertz CT molecular complexity index is 1420. The number of carbonyl (C=O) groups excluding carboxylic acids is 2. The predicted octanol–water partition coefficient (Wildman–Crippen LogP) is 0.880.